The predicted octanol–water partition coefficient (Wildman–Crippen LogP) is 2.68. The van der Waals surface area contributed by atoms with Crippen molar-refractivity contribution in [1.82, 2.24) is 9.55 Å². The minimum Gasteiger partial charge on any atom is -0.309 e. The first-order chi connectivity index (χ1) is 7.70. The fourth-order valence-electron chi connectivity index (χ4n) is 1.39. The summed E-state index contributed by atoms with van der Waals surface area (Å²) in [6.45, 7) is 2.61. The quantitative estimate of drug-likeness (QED) is 0.873. The molecule has 2 aromatic rings. The third-order valence-electron chi connectivity index (χ3n) is 2.21. The summed E-state index contributed by atoms with van der Waals surface area (Å²) in [6, 6.07) is 3.59. The molecule has 0 N–H and O–H groups in total. The number of pyridine rings is 1. The zero-order valence-electron chi connectivity index (χ0n) is 8.81. The molecular weight excluding hydrogens is 288 g/mol. The highest BCUT2D eigenvalue weighted by atomic mass is 79.9. The Kier molecular flexibility index (Phi) is 3.56. The van der Waals surface area contributed by atoms with Crippen molar-refractivity contribution in [3.05, 3.63) is 49.2 Å². The Morgan fingerprint density at radius 3 is 3.06 bits per heavy atom. The highest BCUT2D eigenvalue weighted by molar-refractivity contribution is 9.10. The van der Waals surface area contributed by atoms with Crippen molar-refractivity contribution in [3.63, 3.8) is 0 Å². The van der Waals surface area contributed by atoms with Crippen LogP contribution in [0.25, 0.3) is 0 Å². The zero-order valence-corrected chi connectivity index (χ0v) is 11.2. The summed E-state index contributed by atoms with van der Waals surface area (Å²) in [7, 11) is 0. The van der Waals surface area contributed by atoms with Crippen molar-refractivity contribution in [1.29, 1.82) is 0 Å². The van der Waals surface area contributed by atoms with Crippen LogP contribution in [0.2, 0.25) is 0 Å². The molecule has 16 heavy (non-hydrogen) atoms. The van der Waals surface area contributed by atoms with Crippen LogP contribution in [-0.4, -0.2) is 9.55 Å². The second-order valence-corrected chi connectivity index (χ2v) is 5.17. The highest BCUT2D eigenvalue weighted by Gasteiger charge is 2.04. The van der Waals surface area contributed by atoms with Crippen LogP contribution in [0.15, 0.2) is 33.0 Å². The van der Waals surface area contributed by atoms with Crippen molar-refractivity contribution in [2.75, 3.05) is 0 Å². The summed E-state index contributed by atoms with van der Waals surface area (Å²) in [6.07, 6.45) is 2.72. The summed E-state index contributed by atoms with van der Waals surface area (Å²) >= 11 is 4.87. The van der Waals surface area contributed by atoms with Gasteiger partial charge in [0.1, 0.15) is 0 Å². The lowest BCUT2D eigenvalue weighted by molar-refractivity contribution is 0.737. The summed E-state index contributed by atoms with van der Waals surface area (Å²) in [4.78, 5) is 16.2. The van der Waals surface area contributed by atoms with Gasteiger partial charge in [-0.05, 0) is 34.5 Å². The van der Waals surface area contributed by atoms with Crippen molar-refractivity contribution in [2.24, 2.45) is 0 Å². The maximum Gasteiger partial charge on any atom is 0.265 e. The summed E-state index contributed by atoms with van der Waals surface area (Å²) in [5.74, 6) is 0. The van der Waals surface area contributed by atoms with E-state index >= 15 is 0 Å². The Morgan fingerprint density at radius 2 is 2.38 bits per heavy atom. The normalized spacial score (nSPS) is 10.6. The lowest BCUT2D eigenvalue weighted by atomic mass is 10.4. The molecular formula is C11H11BrN2OS. The second-order valence-electron chi connectivity index (χ2n) is 3.38. The van der Waals surface area contributed by atoms with Crippen molar-refractivity contribution < 1.29 is 0 Å². The van der Waals surface area contributed by atoms with Crippen molar-refractivity contribution in [2.45, 2.75) is 19.9 Å². The SMILES string of the molecule is CCc1nc(Cn2cccc(Br)c2=O)cs1. The average molecular weight is 299 g/mol. The first-order valence-electron chi connectivity index (χ1n) is 4.99. The van der Waals surface area contributed by atoms with Crippen LogP contribution in [0.3, 0.4) is 0 Å². The summed E-state index contributed by atoms with van der Waals surface area (Å²) < 4.78 is 2.24. The van der Waals surface area contributed by atoms with Gasteiger partial charge < -0.3 is 4.57 Å². The fraction of sp³-hybridized carbons (Fsp3) is 0.273. The first-order valence-corrected chi connectivity index (χ1v) is 6.66. The van der Waals surface area contributed by atoms with Crippen LogP contribution in [0.4, 0.5) is 0 Å². The van der Waals surface area contributed by atoms with E-state index in [2.05, 4.69) is 27.8 Å². The van der Waals surface area contributed by atoms with E-state index in [-0.39, 0.29) is 5.56 Å². The number of hydrogen-bond acceptors (Lipinski definition) is 3. The van der Waals surface area contributed by atoms with E-state index in [1.54, 1.807) is 28.2 Å². The molecule has 0 aliphatic heterocycles. The smallest absolute Gasteiger partial charge is 0.265 e. The van der Waals surface area contributed by atoms with Gasteiger partial charge in [-0.15, -0.1) is 11.3 Å². The van der Waals surface area contributed by atoms with Crippen LogP contribution in [0, 0.1) is 0 Å². The molecule has 5 heteroatoms. The van der Waals surface area contributed by atoms with Gasteiger partial charge in [0.05, 0.1) is 21.7 Å². The number of halogens is 1. The van der Waals surface area contributed by atoms with Gasteiger partial charge in [0.15, 0.2) is 0 Å². The Balaban J connectivity index is 2.27. The molecule has 0 bridgehead atoms. The molecule has 0 fully saturated rings. The van der Waals surface area contributed by atoms with Gasteiger partial charge in [0.25, 0.3) is 5.56 Å². The number of rotatable bonds is 3. The van der Waals surface area contributed by atoms with E-state index in [4.69, 9.17) is 0 Å². The molecule has 0 spiro atoms. The molecule has 0 aliphatic rings. The Bertz CT molecular complexity index is 547. The van der Waals surface area contributed by atoms with E-state index in [0.29, 0.717) is 11.0 Å². The topological polar surface area (TPSA) is 34.9 Å². The molecule has 0 unspecified atom stereocenters. The summed E-state index contributed by atoms with van der Waals surface area (Å²) in [5.41, 5.74) is 0.926. The fourth-order valence-corrected chi connectivity index (χ4v) is 2.51. The van der Waals surface area contributed by atoms with Gasteiger partial charge >= 0.3 is 0 Å². The Morgan fingerprint density at radius 1 is 1.56 bits per heavy atom. The second kappa shape index (κ2) is 4.93. The molecule has 2 aromatic heterocycles. The molecule has 2 rings (SSSR count). The maximum absolute atomic E-state index is 11.7. The molecule has 0 atom stereocenters. The van der Waals surface area contributed by atoms with E-state index < -0.39 is 0 Å². The predicted molar refractivity (Wildman–Crippen MR) is 69.0 cm³/mol. The largest absolute Gasteiger partial charge is 0.309 e. The van der Waals surface area contributed by atoms with Crippen LogP contribution in [0.5, 0.6) is 0 Å². The molecule has 0 aromatic carbocycles. The maximum atomic E-state index is 11.7. The number of aryl methyl sites for hydroxylation is 1. The third kappa shape index (κ3) is 2.41. The van der Waals surface area contributed by atoms with E-state index in [1.807, 2.05) is 11.4 Å². The Hall–Kier alpha value is -0.940. The number of aromatic nitrogens is 2. The van der Waals surface area contributed by atoms with Crippen molar-refractivity contribution >= 4 is 27.3 Å². The average Bonchev–Trinajstić information content (AvgIpc) is 2.73. The molecule has 2 heterocycles. The molecule has 0 saturated heterocycles. The molecule has 0 radical (unpaired) electrons. The molecule has 0 saturated carbocycles. The van der Waals surface area contributed by atoms with Gasteiger partial charge in [-0.1, -0.05) is 6.92 Å². The van der Waals surface area contributed by atoms with Crippen LogP contribution in [-0.2, 0) is 13.0 Å². The Labute approximate surface area is 106 Å². The molecule has 0 aliphatic carbocycles. The van der Waals surface area contributed by atoms with Gasteiger partial charge in [-0.2, -0.15) is 0 Å². The van der Waals surface area contributed by atoms with Crippen LogP contribution in [0.1, 0.15) is 17.6 Å². The van der Waals surface area contributed by atoms with E-state index in [1.165, 1.54) is 0 Å². The minimum absolute atomic E-state index is 0.0199. The van der Waals surface area contributed by atoms with Crippen LogP contribution >= 0.6 is 27.3 Å². The number of nitrogens with zero attached hydrogens (tertiary/aromatic N) is 2. The minimum atomic E-state index is -0.0199. The third-order valence-corrected chi connectivity index (χ3v) is 3.85. The lowest BCUT2D eigenvalue weighted by Gasteiger charge is -2.02. The molecule has 0 amide bonds. The van der Waals surface area contributed by atoms with Crippen molar-refractivity contribution in [3.8, 4) is 0 Å². The van der Waals surface area contributed by atoms with E-state index in [9.17, 15) is 4.79 Å². The van der Waals surface area contributed by atoms with Gasteiger partial charge in [-0.25, -0.2) is 4.98 Å². The lowest BCUT2D eigenvalue weighted by Crippen LogP contribution is -2.20. The van der Waals surface area contributed by atoms with Gasteiger partial charge in [0, 0.05) is 11.6 Å². The standard InChI is InChI=1S/C11H11BrN2OS/c1-2-10-13-8(7-16-10)6-14-5-3-4-9(12)11(14)15/h3-5,7H,2,6H2,1H3. The van der Waals surface area contributed by atoms with Gasteiger partial charge in [0.2, 0.25) is 0 Å². The van der Waals surface area contributed by atoms with Gasteiger partial charge in [-0.3, -0.25) is 4.79 Å². The number of hydrogen-bond donors (Lipinski definition) is 0. The molecule has 3 nitrogen and oxygen atoms in total. The van der Waals surface area contributed by atoms with Crippen LogP contribution < -0.4 is 5.56 Å². The number of thiazole rings is 1. The van der Waals surface area contributed by atoms with E-state index in [0.717, 1.165) is 17.1 Å². The first kappa shape index (κ1) is 11.5. The molecule has 84 valence electrons. The summed E-state index contributed by atoms with van der Waals surface area (Å²) in [5, 5.41) is 3.12. The highest BCUT2D eigenvalue weighted by Crippen LogP contribution is 2.11. The monoisotopic (exact) mass is 298 g/mol. The zero-order chi connectivity index (χ0) is 11.5.